The minimum absolute atomic E-state index is 0.173. The summed E-state index contributed by atoms with van der Waals surface area (Å²) in [5.74, 6) is -1.30. The summed E-state index contributed by atoms with van der Waals surface area (Å²) in [5, 5.41) is 12.7. The van der Waals surface area contributed by atoms with Gasteiger partial charge in [0, 0.05) is 24.8 Å². The summed E-state index contributed by atoms with van der Waals surface area (Å²) in [4.78, 5) is 25.6. The number of piperidine rings is 1. The number of likely N-dealkylation sites (tertiary alicyclic amines) is 1. The van der Waals surface area contributed by atoms with Gasteiger partial charge in [-0.1, -0.05) is 6.07 Å². The number of benzene rings is 1. The molecular weight excluding hydrogens is 375 g/mol. The molecule has 1 amide bonds. The van der Waals surface area contributed by atoms with E-state index in [2.05, 4.69) is 5.10 Å². The van der Waals surface area contributed by atoms with E-state index in [1.807, 2.05) is 0 Å². The van der Waals surface area contributed by atoms with Crippen LogP contribution in [0.3, 0.4) is 0 Å². The van der Waals surface area contributed by atoms with E-state index in [4.69, 9.17) is 5.11 Å². The van der Waals surface area contributed by atoms with Gasteiger partial charge in [-0.3, -0.25) is 9.59 Å². The third-order valence-electron chi connectivity index (χ3n) is 5.77. The van der Waals surface area contributed by atoms with E-state index in [0.717, 1.165) is 10.7 Å². The molecule has 1 aliphatic carbocycles. The van der Waals surface area contributed by atoms with E-state index < -0.39 is 17.8 Å². The Kier molecular flexibility index (Phi) is 4.20. The summed E-state index contributed by atoms with van der Waals surface area (Å²) in [5.41, 5.74) is -0.443. The molecule has 0 bridgehead atoms. The van der Waals surface area contributed by atoms with Crippen molar-refractivity contribution >= 4 is 11.9 Å². The Balaban J connectivity index is 1.47. The molecule has 4 rings (SSSR count). The minimum atomic E-state index is -4.53. The van der Waals surface area contributed by atoms with E-state index in [1.165, 1.54) is 12.3 Å². The van der Waals surface area contributed by atoms with Crippen LogP contribution in [-0.4, -0.2) is 44.8 Å². The smallest absolute Gasteiger partial charge is 0.435 e. The average Bonchev–Trinajstić information content (AvgIpc) is 3.13. The number of amides is 1. The highest BCUT2D eigenvalue weighted by atomic mass is 19.4. The molecule has 6 nitrogen and oxygen atoms in total. The zero-order chi connectivity index (χ0) is 20.1. The lowest BCUT2D eigenvalue weighted by atomic mass is 9.90. The maximum Gasteiger partial charge on any atom is 0.435 e. The molecule has 148 valence electrons. The lowest BCUT2D eigenvalue weighted by molar-refractivity contribution is -0.141. The highest BCUT2D eigenvalue weighted by Gasteiger charge is 2.59. The number of carboxylic acid groups (broad SMARTS) is 1. The highest BCUT2D eigenvalue weighted by Crippen LogP contribution is 2.59. The van der Waals surface area contributed by atoms with Gasteiger partial charge in [0.25, 0.3) is 5.91 Å². The zero-order valence-corrected chi connectivity index (χ0v) is 14.8. The first kappa shape index (κ1) is 18.5. The van der Waals surface area contributed by atoms with Crippen molar-refractivity contribution in [2.75, 3.05) is 13.1 Å². The Labute approximate surface area is 158 Å². The lowest BCUT2D eigenvalue weighted by Gasteiger charge is -2.32. The van der Waals surface area contributed by atoms with Gasteiger partial charge in [0.15, 0.2) is 5.69 Å². The van der Waals surface area contributed by atoms with Gasteiger partial charge in [-0.15, -0.1) is 0 Å². The van der Waals surface area contributed by atoms with Gasteiger partial charge in [0.1, 0.15) is 0 Å². The topological polar surface area (TPSA) is 75.4 Å². The maximum absolute atomic E-state index is 12.8. The fourth-order valence-electron chi connectivity index (χ4n) is 3.99. The standard InChI is InChI=1S/C19H18F3N3O3/c20-19(21,22)15-4-7-25(23-15)13-3-1-2-12(10-13)16(26)24-8-5-18(6-9-24)11-14(18)17(27)28/h1-4,7,10,14H,5-6,8-9,11H2,(H,27,28). The number of nitrogens with zero attached hydrogens (tertiary/aromatic N) is 3. The predicted octanol–water partition coefficient (Wildman–Crippen LogP) is 3.22. The Morgan fingerprint density at radius 3 is 2.46 bits per heavy atom. The summed E-state index contributed by atoms with van der Waals surface area (Å²) >= 11 is 0. The second-order valence-electron chi connectivity index (χ2n) is 7.44. The second kappa shape index (κ2) is 6.35. The molecule has 1 aliphatic heterocycles. The molecule has 9 heteroatoms. The van der Waals surface area contributed by atoms with Gasteiger partial charge >= 0.3 is 12.1 Å². The molecular formula is C19H18F3N3O3. The number of aliphatic carboxylic acids is 1. The Hall–Kier alpha value is -2.84. The molecule has 1 saturated heterocycles. The normalized spacial score (nSPS) is 21.0. The molecule has 1 unspecified atom stereocenters. The number of halogens is 3. The van der Waals surface area contributed by atoms with Crippen LogP contribution in [0.25, 0.3) is 5.69 Å². The predicted molar refractivity (Wildman–Crippen MR) is 91.9 cm³/mol. The molecule has 0 radical (unpaired) electrons. The Morgan fingerprint density at radius 1 is 1.18 bits per heavy atom. The van der Waals surface area contributed by atoms with Gasteiger partial charge < -0.3 is 10.0 Å². The molecule has 1 N–H and O–H groups in total. The number of hydrogen-bond acceptors (Lipinski definition) is 3. The van der Waals surface area contributed by atoms with Crippen LogP contribution < -0.4 is 0 Å². The van der Waals surface area contributed by atoms with Crippen LogP contribution in [0.1, 0.15) is 35.3 Å². The van der Waals surface area contributed by atoms with Gasteiger partial charge in [-0.2, -0.15) is 18.3 Å². The van der Waals surface area contributed by atoms with Gasteiger partial charge in [-0.05, 0) is 48.9 Å². The number of aromatic nitrogens is 2. The van der Waals surface area contributed by atoms with Crippen molar-refractivity contribution < 1.29 is 27.9 Å². The minimum Gasteiger partial charge on any atom is -0.481 e. The molecule has 28 heavy (non-hydrogen) atoms. The summed E-state index contributed by atoms with van der Waals surface area (Å²) in [6, 6.07) is 7.19. The van der Waals surface area contributed by atoms with Crippen LogP contribution in [0.2, 0.25) is 0 Å². The van der Waals surface area contributed by atoms with Crippen molar-refractivity contribution in [3.05, 3.63) is 47.8 Å². The lowest BCUT2D eigenvalue weighted by Crippen LogP contribution is -2.40. The van der Waals surface area contributed by atoms with E-state index in [9.17, 15) is 22.8 Å². The zero-order valence-electron chi connectivity index (χ0n) is 14.8. The van der Waals surface area contributed by atoms with E-state index in [0.29, 0.717) is 43.6 Å². The van der Waals surface area contributed by atoms with Crippen molar-refractivity contribution in [1.82, 2.24) is 14.7 Å². The Bertz CT molecular complexity index is 930. The van der Waals surface area contributed by atoms with Crippen molar-refractivity contribution in [1.29, 1.82) is 0 Å². The van der Waals surface area contributed by atoms with Crippen LogP contribution in [0.5, 0.6) is 0 Å². The highest BCUT2D eigenvalue weighted by molar-refractivity contribution is 5.94. The molecule has 1 aromatic heterocycles. The first-order valence-corrected chi connectivity index (χ1v) is 8.95. The molecule has 1 aromatic carbocycles. The first-order valence-electron chi connectivity index (χ1n) is 8.95. The summed E-state index contributed by atoms with van der Waals surface area (Å²) in [6.07, 6.45) is -1.34. The second-order valence-corrected chi connectivity index (χ2v) is 7.44. The third kappa shape index (κ3) is 3.25. The molecule has 2 heterocycles. The summed E-state index contributed by atoms with van der Waals surface area (Å²) in [6.45, 7) is 0.958. The first-order chi connectivity index (χ1) is 13.2. The molecule has 1 atom stereocenters. The van der Waals surface area contributed by atoms with Crippen molar-refractivity contribution in [2.24, 2.45) is 11.3 Å². The number of alkyl halides is 3. The summed E-state index contributed by atoms with van der Waals surface area (Å²) in [7, 11) is 0. The van der Waals surface area contributed by atoms with Crippen molar-refractivity contribution in [3.8, 4) is 5.69 Å². The molecule has 1 spiro atoms. The van der Waals surface area contributed by atoms with Crippen LogP contribution in [0.4, 0.5) is 13.2 Å². The van der Waals surface area contributed by atoms with Crippen molar-refractivity contribution in [2.45, 2.75) is 25.4 Å². The van der Waals surface area contributed by atoms with Gasteiger partial charge in [-0.25, -0.2) is 4.68 Å². The van der Waals surface area contributed by atoms with Crippen LogP contribution >= 0.6 is 0 Å². The van der Waals surface area contributed by atoms with E-state index in [1.54, 1.807) is 23.1 Å². The average molecular weight is 393 g/mol. The maximum atomic E-state index is 12.8. The fraction of sp³-hybridized carbons (Fsp3) is 0.421. The number of carboxylic acids is 1. The molecule has 2 fully saturated rings. The summed E-state index contributed by atoms with van der Waals surface area (Å²) < 4.78 is 39.3. The fourth-order valence-corrected chi connectivity index (χ4v) is 3.99. The quantitative estimate of drug-likeness (QED) is 0.869. The van der Waals surface area contributed by atoms with Gasteiger partial charge in [0.2, 0.25) is 0 Å². The van der Waals surface area contributed by atoms with Crippen LogP contribution in [-0.2, 0) is 11.0 Å². The monoisotopic (exact) mass is 393 g/mol. The van der Waals surface area contributed by atoms with Crippen LogP contribution in [0.15, 0.2) is 36.5 Å². The van der Waals surface area contributed by atoms with Crippen LogP contribution in [0, 0.1) is 11.3 Å². The number of carbonyl (C=O) groups is 2. The number of hydrogen-bond donors (Lipinski definition) is 1. The largest absolute Gasteiger partial charge is 0.481 e. The SMILES string of the molecule is O=C(O)C1CC12CCN(C(=O)c1cccc(-n3ccc(C(F)(F)F)n3)c1)CC2. The van der Waals surface area contributed by atoms with Gasteiger partial charge in [0.05, 0.1) is 11.6 Å². The van der Waals surface area contributed by atoms with E-state index >= 15 is 0 Å². The van der Waals surface area contributed by atoms with E-state index in [-0.39, 0.29) is 17.2 Å². The molecule has 2 aliphatic rings. The molecule has 2 aromatic rings. The third-order valence-corrected chi connectivity index (χ3v) is 5.77. The molecule has 1 saturated carbocycles. The number of carbonyl (C=O) groups excluding carboxylic acids is 1. The van der Waals surface area contributed by atoms with Crippen molar-refractivity contribution in [3.63, 3.8) is 0 Å². The number of rotatable bonds is 3. The Morgan fingerprint density at radius 2 is 1.89 bits per heavy atom.